The molecule has 0 aliphatic carbocycles. The number of furan rings is 1. The number of nitrogens with zero attached hydrogens (tertiary/aromatic N) is 3. The van der Waals surface area contributed by atoms with Crippen LogP contribution in [0.2, 0.25) is 0 Å². The van der Waals surface area contributed by atoms with Gasteiger partial charge in [0, 0.05) is 53.0 Å². The van der Waals surface area contributed by atoms with Gasteiger partial charge in [0.05, 0.1) is 0 Å². The van der Waals surface area contributed by atoms with Gasteiger partial charge in [0.15, 0.2) is 17.5 Å². The number of hydrogen-bond acceptors (Lipinski definition) is 5. The maximum absolute atomic E-state index is 6.55. The lowest BCUT2D eigenvalue weighted by atomic mass is 9.99. The summed E-state index contributed by atoms with van der Waals surface area (Å²) in [4.78, 5) is 15.3. The highest BCUT2D eigenvalue weighted by atomic mass is 32.1. The fourth-order valence-electron chi connectivity index (χ4n) is 7.66. The van der Waals surface area contributed by atoms with Crippen molar-refractivity contribution in [2.75, 3.05) is 0 Å². The Kier molecular flexibility index (Phi) is 7.00. The molecule has 0 aliphatic heterocycles. The van der Waals surface area contributed by atoms with Crippen LogP contribution in [-0.2, 0) is 0 Å². The van der Waals surface area contributed by atoms with Crippen molar-refractivity contribution in [1.82, 2.24) is 15.0 Å². The molecule has 5 heteroatoms. The van der Waals surface area contributed by atoms with Gasteiger partial charge in [-0.05, 0) is 64.0 Å². The van der Waals surface area contributed by atoms with Crippen LogP contribution in [0.3, 0.4) is 0 Å². The number of benzene rings is 8. The van der Waals surface area contributed by atoms with Crippen LogP contribution in [0.5, 0.6) is 0 Å². The zero-order chi connectivity index (χ0) is 35.6. The van der Waals surface area contributed by atoms with Gasteiger partial charge in [0.2, 0.25) is 0 Å². The summed E-state index contributed by atoms with van der Waals surface area (Å²) in [6, 6.07) is 61.5. The summed E-state index contributed by atoms with van der Waals surface area (Å²) in [7, 11) is 0. The molecule has 0 N–H and O–H groups in total. The molecule has 11 rings (SSSR count). The van der Waals surface area contributed by atoms with Crippen LogP contribution in [0.25, 0.3) is 109 Å². The van der Waals surface area contributed by atoms with Gasteiger partial charge < -0.3 is 4.42 Å². The Morgan fingerprint density at radius 2 is 0.981 bits per heavy atom. The van der Waals surface area contributed by atoms with E-state index in [-0.39, 0.29) is 0 Å². The van der Waals surface area contributed by atoms with Gasteiger partial charge in [0.25, 0.3) is 0 Å². The third-order valence-corrected chi connectivity index (χ3v) is 11.5. The highest BCUT2D eigenvalue weighted by Gasteiger charge is 2.18. The third kappa shape index (κ3) is 5.09. The first kappa shape index (κ1) is 30.7. The van der Waals surface area contributed by atoms with Crippen LogP contribution >= 0.6 is 11.3 Å². The highest BCUT2D eigenvalue weighted by Crippen LogP contribution is 2.42. The molecule has 0 saturated carbocycles. The van der Waals surface area contributed by atoms with Crippen LogP contribution in [-0.4, -0.2) is 15.0 Å². The number of hydrogen-bond donors (Lipinski definition) is 0. The smallest absolute Gasteiger partial charge is 0.164 e. The largest absolute Gasteiger partial charge is 0.455 e. The SMILES string of the molecule is c1ccc(-c2ccc(-c3nc(-c4ccccc4)nc(-c4cccc5sc6ccc(-c7ccc8c(c7)oc7c9ccccc9ccc87)cc6c45)n3)cc2)cc1. The second-order valence-corrected chi connectivity index (χ2v) is 14.7. The van der Waals surface area contributed by atoms with E-state index in [1.54, 1.807) is 11.3 Å². The monoisotopic (exact) mass is 707 g/mol. The minimum absolute atomic E-state index is 0.641. The first-order chi connectivity index (χ1) is 26.7. The average Bonchev–Trinajstić information content (AvgIpc) is 3.82. The normalized spacial score (nSPS) is 11.7. The van der Waals surface area contributed by atoms with Crippen molar-refractivity contribution in [2.24, 2.45) is 0 Å². The molecule has 11 aromatic rings. The van der Waals surface area contributed by atoms with Crippen molar-refractivity contribution in [3.8, 4) is 56.4 Å². The number of thiophene rings is 1. The van der Waals surface area contributed by atoms with Crippen molar-refractivity contribution in [2.45, 2.75) is 0 Å². The van der Waals surface area contributed by atoms with Gasteiger partial charge in [-0.15, -0.1) is 11.3 Å². The summed E-state index contributed by atoms with van der Waals surface area (Å²) in [5.41, 5.74) is 9.25. The van der Waals surface area contributed by atoms with Crippen LogP contribution < -0.4 is 0 Å². The van der Waals surface area contributed by atoms with E-state index < -0.39 is 0 Å². The summed E-state index contributed by atoms with van der Waals surface area (Å²) in [6.07, 6.45) is 0. The van der Waals surface area contributed by atoms with Crippen LogP contribution in [0, 0.1) is 0 Å². The molecule has 3 aromatic heterocycles. The van der Waals surface area contributed by atoms with Crippen molar-refractivity contribution in [1.29, 1.82) is 0 Å². The molecule has 8 aromatic carbocycles. The Bertz CT molecular complexity index is 3200. The molecule has 0 aliphatic rings. The van der Waals surface area contributed by atoms with Crippen molar-refractivity contribution >= 4 is 64.2 Å². The van der Waals surface area contributed by atoms with E-state index >= 15 is 0 Å². The summed E-state index contributed by atoms with van der Waals surface area (Å²) >= 11 is 1.79. The van der Waals surface area contributed by atoms with Gasteiger partial charge in [-0.2, -0.15) is 0 Å². The topological polar surface area (TPSA) is 51.8 Å². The molecular weight excluding hydrogens is 679 g/mol. The lowest BCUT2D eigenvalue weighted by Crippen LogP contribution is -2.00. The minimum atomic E-state index is 0.641. The predicted octanol–water partition coefficient (Wildman–Crippen LogP) is 13.6. The highest BCUT2D eigenvalue weighted by molar-refractivity contribution is 7.26. The molecule has 0 amide bonds. The summed E-state index contributed by atoms with van der Waals surface area (Å²) in [6.45, 7) is 0. The van der Waals surface area contributed by atoms with Gasteiger partial charge in [-0.3, -0.25) is 0 Å². The molecule has 252 valence electrons. The van der Waals surface area contributed by atoms with E-state index in [2.05, 4.69) is 152 Å². The summed E-state index contributed by atoms with van der Waals surface area (Å²) < 4.78 is 8.96. The van der Waals surface area contributed by atoms with Crippen LogP contribution in [0.15, 0.2) is 180 Å². The molecule has 0 spiro atoms. The maximum Gasteiger partial charge on any atom is 0.164 e. The Morgan fingerprint density at radius 3 is 1.80 bits per heavy atom. The molecule has 54 heavy (non-hydrogen) atoms. The quantitative estimate of drug-likeness (QED) is 0.179. The average molecular weight is 708 g/mol. The molecule has 0 atom stereocenters. The minimum Gasteiger partial charge on any atom is -0.455 e. The molecule has 0 bridgehead atoms. The van der Waals surface area contributed by atoms with Gasteiger partial charge in [-0.25, -0.2) is 15.0 Å². The lowest BCUT2D eigenvalue weighted by molar-refractivity contribution is 0.673. The summed E-state index contributed by atoms with van der Waals surface area (Å²) in [5, 5.41) is 6.89. The zero-order valence-corrected chi connectivity index (χ0v) is 29.7. The van der Waals surface area contributed by atoms with Crippen molar-refractivity contribution in [3.05, 3.63) is 176 Å². The first-order valence-electron chi connectivity index (χ1n) is 18.0. The molecule has 0 unspecified atom stereocenters. The van der Waals surface area contributed by atoms with E-state index in [4.69, 9.17) is 19.4 Å². The number of fused-ring (bicyclic) bond motifs is 8. The van der Waals surface area contributed by atoms with E-state index in [0.29, 0.717) is 17.5 Å². The molecule has 0 saturated heterocycles. The van der Waals surface area contributed by atoms with E-state index in [1.165, 1.54) is 25.7 Å². The van der Waals surface area contributed by atoms with E-state index in [1.807, 2.05) is 24.3 Å². The van der Waals surface area contributed by atoms with E-state index in [9.17, 15) is 0 Å². The second-order valence-electron chi connectivity index (χ2n) is 13.6. The Hall–Kier alpha value is -6.95. The molecule has 0 fully saturated rings. The Morgan fingerprint density at radius 1 is 0.370 bits per heavy atom. The maximum atomic E-state index is 6.55. The van der Waals surface area contributed by atoms with Gasteiger partial charge in [0.1, 0.15) is 11.2 Å². The van der Waals surface area contributed by atoms with Crippen LogP contribution in [0.1, 0.15) is 0 Å². The van der Waals surface area contributed by atoms with Crippen molar-refractivity contribution in [3.63, 3.8) is 0 Å². The Labute approximate surface area is 314 Å². The molecule has 4 nitrogen and oxygen atoms in total. The first-order valence-corrected chi connectivity index (χ1v) is 18.8. The van der Waals surface area contributed by atoms with Gasteiger partial charge >= 0.3 is 0 Å². The molecule has 0 radical (unpaired) electrons. The lowest BCUT2D eigenvalue weighted by Gasteiger charge is -2.10. The molecule has 3 heterocycles. The molecular formula is C49H29N3OS. The standard InChI is InChI=1S/C49H29N3OS/c1-3-10-30(11-4-1)31-18-20-34(21-19-31)48-50-47(33-13-5-2-6-14-33)51-49(52-48)40-16-9-17-44-45(40)41-28-35(24-27-43(41)54-44)36-23-25-38-39-26-22-32-12-7-8-15-37(32)46(39)53-42(38)29-36/h1-29H. The van der Waals surface area contributed by atoms with Crippen molar-refractivity contribution < 1.29 is 4.42 Å². The zero-order valence-electron chi connectivity index (χ0n) is 28.9. The predicted molar refractivity (Wildman–Crippen MR) is 225 cm³/mol. The number of aromatic nitrogens is 3. The van der Waals surface area contributed by atoms with Gasteiger partial charge in [-0.1, -0.05) is 140 Å². The third-order valence-electron chi connectivity index (χ3n) is 10.4. The fraction of sp³-hybridized carbons (Fsp3) is 0. The second kappa shape index (κ2) is 12.3. The summed E-state index contributed by atoms with van der Waals surface area (Å²) in [5.74, 6) is 1.94. The fourth-order valence-corrected chi connectivity index (χ4v) is 8.77. The van der Waals surface area contributed by atoms with E-state index in [0.717, 1.165) is 66.1 Å². The Balaban J connectivity index is 1.06. The number of rotatable bonds is 5. The van der Waals surface area contributed by atoms with Crippen LogP contribution in [0.4, 0.5) is 0 Å².